The summed E-state index contributed by atoms with van der Waals surface area (Å²) in [7, 11) is 0. The van der Waals surface area contributed by atoms with Crippen LogP contribution >= 0.6 is 0 Å². The van der Waals surface area contributed by atoms with Crippen LogP contribution in [0.2, 0.25) is 0 Å². The molecule has 3 rings (SSSR count). The number of hydrogen-bond donors (Lipinski definition) is 0. The molecule has 0 amide bonds. The Morgan fingerprint density at radius 1 is 1.10 bits per heavy atom. The number of para-hydroxylation sites is 1. The minimum atomic E-state index is -0.570. The lowest BCUT2D eigenvalue weighted by Crippen LogP contribution is -2.21. The van der Waals surface area contributed by atoms with Gasteiger partial charge >= 0.3 is 5.97 Å². The maximum Gasteiger partial charge on any atom is 0.344 e. The average Bonchev–Trinajstić information content (AvgIpc) is 3.14. The van der Waals surface area contributed by atoms with E-state index in [-0.39, 0.29) is 5.97 Å². The normalized spacial score (nSPS) is 24.2. The van der Waals surface area contributed by atoms with Crippen LogP contribution in [0.15, 0.2) is 54.6 Å². The van der Waals surface area contributed by atoms with E-state index >= 15 is 0 Å². The Hall–Kier alpha value is -2.13. The molecule has 2 unspecified atom stereocenters. The zero-order chi connectivity index (χ0) is 14.2. The molecule has 0 spiro atoms. The molecule has 1 heterocycles. The van der Waals surface area contributed by atoms with E-state index in [0.29, 0.717) is 5.75 Å². The van der Waals surface area contributed by atoms with Gasteiger partial charge in [-0.2, -0.15) is 0 Å². The molecule has 102 valence electrons. The molecule has 0 aliphatic carbocycles. The molecule has 2 aromatic carbocycles. The van der Waals surface area contributed by atoms with Crippen LogP contribution < -0.4 is 4.74 Å². The predicted molar refractivity (Wildman–Crippen MR) is 75.5 cm³/mol. The zero-order valence-electron chi connectivity index (χ0n) is 11.5. The largest absolute Gasteiger partial charge is 0.425 e. The molecular weight excluding hydrogens is 252 g/mol. The summed E-state index contributed by atoms with van der Waals surface area (Å²) in [6.07, 6.45) is -0.537. The molecule has 2 aromatic rings. The van der Waals surface area contributed by atoms with Crippen LogP contribution in [-0.2, 0) is 15.1 Å². The van der Waals surface area contributed by atoms with Gasteiger partial charge in [-0.25, -0.2) is 4.79 Å². The van der Waals surface area contributed by atoms with Gasteiger partial charge in [-0.15, -0.1) is 0 Å². The quantitative estimate of drug-likeness (QED) is 0.487. The van der Waals surface area contributed by atoms with Crippen molar-refractivity contribution < 1.29 is 14.3 Å². The molecule has 2 atom stereocenters. The Morgan fingerprint density at radius 2 is 1.75 bits per heavy atom. The number of esters is 1. The van der Waals surface area contributed by atoms with Gasteiger partial charge in [0, 0.05) is 0 Å². The van der Waals surface area contributed by atoms with E-state index < -0.39 is 11.7 Å². The number of carbonyl (C=O) groups is 1. The first-order valence-corrected chi connectivity index (χ1v) is 6.61. The third-order valence-electron chi connectivity index (χ3n) is 3.61. The van der Waals surface area contributed by atoms with Crippen molar-refractivity contribution in [3.63, 3.8) is 0 Å². The minimum Gasteiger partial charge on any atom is -0.425 e. The number of ether oxygens (including phenoxy) is 2. The standard InChI is InChI=1S/C17H16O3/c1-12-8-10-13(11-9-12)17(2)15(20-17)16(18)19-14-6-4-3-5-7-14/h3-11,15H,1-2H3. The van der Waals surface area contributed by atoms with Crippen LogP contribution in [0, 0.1) is 6.92 Å². The van der Waals surface area contributed by atoms with Crippen molar-refractivity contribution in [2.45, 2.75) is 25.6 Å². The van der Waals surface area contributed by atoms with Crippen LogP contribution in [-0.4, -0.2) is 12.1 Å². The van der Waals surface area contributed by atoms with E-state index in [4.69, 9.17) is 9.47 Å². The molecule has 1 fully saturated rings. The summed E-state index contributed by atoms with van der Waals surface area (Å²) < 4.78 is 10.9. The summed E-state index contributed by atoms with van der Waals surface area (Å²) in [5, 5.41) is 0. The van der Waals surface area contributed by atoms with Crippen LogP contribution in [0.25, 0.3) is 0 Å². The molecule has 0 bridgehead atoms. The Bertz CT molecular complexity index is 618. The molecular formula is C17H16O3. The van der Waals surface area contributed by atoms with Crippen molar-refractivity contribution in [1.82, 2.24) is 0 Å². The molecule has 1 aliphatic rings. The zero-order valence-corrected chi connectivity index (χ0v) is 11.5. The van der Waals surface area contributed by atoms with Gasteiger partial charge in [0.05, 0.1) is 0 Å². The minimum absolute atomic E-state index is 0.348. The second-order valence-electron chi connectivity index (χ2n) is 5.21. The maximum atomic E-state index is 12.1. The SMILES string of the molecule is Cc1ccc(C2(C)OC2C(=O)Oc2ccccc2)cc1. The Labute approximate surface area is 118 Å². The summed E-state index contributed by atoms with van der Waals surface area (Å²) in [6, 6.07) is 17.1. The number of rotatable bonds is 3. The molecule has 0 N–H and O–H groups in total. The van der Waals surface area contributed by atoms with Gasteiger partial charge < -0.3 is 9.47 Å². The topological polar surface area (TPSA) is 38.8 Å². The summed E-state index contributed by atoms with van der Waals surface area (Å²) in [5.41, 5.74) is 1.61. The van der Waals surface area contributed by atoms with Crippen molar-refractivity contribution in [2.75, 3.05) is 0 Å². The smallest absolute Gasteiger partial charge is 0.344 e. The Balaban J connectivity index is 1.71. The van der Waals surface area contributed by atoms with E-state index in [0.717, 1.165) is 5.56 Å². The highest BCUT2D eigenvalue weighted by Crippen LogP contribution is 2.46. The molecule has 0 saturated carbocycles. The van der Waals surface area contributed by atoms with Gasteiger partial charge in [0.1, 0.15) is 11.4 Å². The van der Waals surface area contributed by atoms with Crippen LogP contribution in [0.4, 0.5) is 0 Å². The summed E-state index contributed by atoms with van der Waals surface area (Å²) in [6.45, 7) is 3.94. The first-order chi connectivity index (χ1) is 9.59. The van der Waals surface area contributed by atoms with Gasteiger partial charge in [0.15, 0.2) is 6.10 Å². The number of epoxide rings is 1. The third-order valence-corrected chi connectivity index (χ3v) is 3.61. The van der Waals surface area contributed by atoms with Crippen molar-refractivity contribution in [1.29, 1.82) is 0 Å². The number of carbonyl (C=O) groups excluding carboxylic acids is 1. The molecule has 20 heavy (non-hydrogen) atoms. The fourth-order valence-corrected chi connectivity index (χ4v) is 2.25. The summed E-state index contributed by atoms with van der Waals surface area (Å²) in [4.78, 5) is 12.1. The second-order valence-corrected chi connectivity index (χ2v) is 5.21. The first kappa shape index (κ1) is 12.9. The number of benzene rings is 2. The predicted octanol–water partition coefficient (Wildman–Crippen LogP) is 3.21. The molecule has 0 radical (unpaired) electrons. The third kappa shape index (κ3) is 2.32. The van der Waals surface area contributed by atoms with Gasteiger partial charge in [-0.05, 0) is 31.5 Å². The number of hydrogen-bond acceptors (Lipinski definition) is 3. The van der Waals surface area contributed by atoms with Crippen LogP contribution in [0.3, 0.4) is 0 Å². The highest BCUT2D eigenvalue weighted by Gasteiger charge is 2.59. The van der Waals surface area contributed by atoms with Crippen LogP contribution in [0.1, 0.15) is 18.1 Å². The highest BCUT2D eigenvalue weighted by atomic mass is 16.7. The monoisotopic (exact) mass is 268 g/mol. The summed E-state index contributed by atoms with van der Waals surface area (Å²) >= 11 is 0. The average molecular weight is 268 g/mol. The lowest BCUT2D eigenvalue weighted by atomic mass is 9.96. The summed E-state index contributed by atoms with van der Waals surface area (Å²) in [5.74, 6) is 0.193. The molecule has 0 aromatic heterocycles. The highest BCUT2D eigenvalue weighted by molar-refractivity contribution is 5.81. The lowest BCUT2D eigenvalue weighted by molar-refractivity contribution is -0.135. The second kappa shape index (κ2) is 4.76. The molecule has 1 saturated heterocycles. The molecule has 3 nitrogen and oxygen atoms in total. The molecule has 3 heteroatoms. The van der Waals surface area contributed by atoms with E-state index in [1.807, 2.05) is 56.3 Å². The van der Waals surface area contributed by atoms with E-state index in [1.165, 1.54) is 5.56 Å². The Morgan fingerprint density at radius 3 is 2.40 bits per heavy atom. The van der Waals surface area contributed by atoms with E-state index in [9.17, 15) is 4.79 Å². The van der Waals surface area contributed by atoms with Crippen molar-refractivity contribution in [2.24, 2.45) is 0 Å². The van der Waals surface area contributed by atoms with E-state index in [1.54, 1.807) is 12.1 Å². The van der Waals surface area contributed by atoms with Gasteiger partial charge in [0.2, 0.25) is 0 Å². The lowest BCUT2D eigenvalue weighted by Gasteiger charge is -2.07. The maximum absolute atomic E-state index is 12.1. The Kier molecular flexibility index (Phi) is 3.07. The van der Waals surface area contributed by atoms with Gasteiger partial charge in [-0.1, -0.05) is 48.0 Å². The van der Waals surface area contributed by atoms with Crippen molar-refractivity contribution in [3.05, 3.63) is 65.7 Å². The van der Waals surface area contributed by atoms with E-state index in [2.05, 4.69) is 0 Å². The van der Waals surface area contributed by atoms with Gasteiger partial charge in [0.25, 0.3) is 0 Å². The molecule has 1 aliphatic heterocycles. The fraction of sp³-hybridized carbons (Fsp3) is 0.235. The first-order valence-electron chi connectivity index (χ1n) is 6.61. The van der Waals surface area contributed by atoms with Crippen LogP contribution in [0.5, 0.6) is 5.75 Å². The van der Waals surface area contributed by atoms with Gasteiger partial charge in [-0.3, -0.25) is 0 Å². The fourth-order valence-electron chi connectivity index (χ4n) is 2.25. The number of aryl methyl sites for hydroxylation is 1. The van der Waals surface area contributed by atoms with Crippen molar-refractivity contribution in [3.8, 4) is 5.75 Å². The van der Waals surface area contributed by atoms with Crippen molar-refractivity contribution >= 4 is 5.97 Å².